The molecule has 0 radical (unpaired) electrons. The Morgan fingerprint density at radius 1 is 0.773 bits per heavy atom. The van der Waals surface area contributed by atoms with E-state index in [1.54, 1.807) is 80.8 Å². The lowest BCUT2D eigenvalue weighted by molar-refractivity contribution is -0.324. The third-order valence-corrected chi connectivity index (χ3v) is 9.92. The van der Waals surface area contributed by atoms with E-state index in [-0.39, 0.29) is 30.4 Å². The minimum Gasteiger partial charge on any atom is -0.458 e. The molecule has 7 atom stereocenters. The second-order valence-corrected chi connectivity index (χ2v) is 12.8. The lowest BCUT2D eigenvalue weighted by Gasteiger charge is -2.64. The first kappa shape index (κ1) is 29.9. The van der Waals surface area contributed by atoms with Crippen LogP contribution in [0.25, 0.3) is 0 Å². The van der Waals surface area contributed by atoms with Crippen molar-refractivity contribution in [2.45, 2.75) is 82.1 Å². The molecule has 1 N–H and O–H groups in total. The van der Waals surface area contributed by atoms with Crippen molar-refractivity contribution in [1.82, 2.24) is 9.97 Å². The van der Waals surface area contributed by atoms with E-state index >= 15 is 0 Å². The molecular formula is C34H36N2O8. The molecule has 230 valence electrons. The van der Waals surface area contributed by atoms with Crippen LogP contribution in [0, 0.1) is 11.3 Å². The topological polar surface area (TPSA) is 134 Å². The molecule has 1 saturated heterocycles. The van der Waals surface area contributed by atoms with Crippen molar-refractivity contribution in [1.29, 1.82) is 0 Å². The maximum Gasteiger partial charge on any atom is 0.339 e. The van der Waals surface area contributed by atoms with Gasteiger partial charge in [-0.1, -0.05) is 18.2 Å². The molecular weight excluding hydrogens is 564 g/mol. The highest BCUT2D eigenvalue weighted by atomic mass is 16.6. The normalized spacial score (nSPS) is 33.5. The van der Waals surface area contributed by atoms with Crippen LogP contribution in [-0.4, -0.2) is 68.1 Å². The average molecular weight is 601 g/mol. The number of aliphatic hydroxyl groups is 1. The van der Waals surface area contributed by atoms with Gasteiger partial charge in [-0.05, 0) is 83.4 Å². The predicted octanol–water partition coefficient (Wildman–Crippen LogP) is 4.57. The second-order valence-electron chi connectivity index (χ2n) is 12.8. The Hall–Kier alpha value is -4.15. The van der Waals surface area contributed by atoms with Crippen LogP contribution in [0.2, 0.25) is 0 Å². The number of hydrogen-bond donors (Lipinski definition) is 1. The van der Waals surface area contributed by atoms with Gasteiger partial charge in [-0.25, -0.2) is 14.4 Å². The van der Waals surface area contributed by atoms with Crippen LogP contribution in [0.4, 0.5) is 0 Å². The van der Waals surface area contributed by atoms with Crippen molar-refractivity contribution in [2.75, 3.05) is 0 Å². The number of carbonyl (C=O) groups is 3. The smallest absolute Gasteiger partial charge is 0.339 e. The van der Waals surface area contributed by atoms with Gasteiger partial charge in [0.1, 0.15) is 23.9 Å². The van der Waals surface area contributed by atoms with Gasteiger partial charge in [-0.2, -0.15) is 0 Å². The molecule has 0 amide bonds. The Kier molecular flexibility index (Phi) is 7.33. The van der Waals surface area contributed by atoms with Crippen LogP contribution in [0.15, 0.2) is 79.4 Å². The number of nitrogens with zero attached hydrogens (tertiary/aromatic N) is 2. The fraction of sp³-hybridized carbons (Fsp3) is 0.441. The lowest BCUT2D eigenvalue weighted by atomic mass is 9.47. The molecule has 1 spiro atoms. The van der Waals surface area contributed by atoms with Gasteiger partial charge in [0.2, 0.25) is 0 Å². The van der Waals surface area contributed by atoms with E-state index in [0.717, 1.165) is 0 Å². The summed E-state index contributed by atoms with van der Waals surface area (Å²) >= 11 is 0. The molecule has 2 aromatic heterocycles. The summed E-state index contributed by atoms with van der Waals surface area (Å²) in [6.07, 6.45) is 3.82. The highest BCUT2D eigenvalue weighted by Gasteiger charge is 2.82. The number of esters is 3. The molecule has 2 saturated carbocycles. The van der Waals surface area contributed by atoms with Crippen LogP contribution < -0.4 is 0 Å². The third-order valence-electron chi connectivity index (χ3n) is 9.92. The quantitative estimate of drug-likeness (QED) is 0.317. The number of rotatable bonds is 6. The first-order valence-corrected chi connectivity index (χ1v) is 14.8. The number of aromatic nitrogens is 2. The number of fused-ring (bicyclic) bond motifs is 1. The molecule has 1 aliphatic heterocycles. The van der Waals surface area contributed by atoms with Crippen molar-refractivity contribution in [3.63, 3.8) is 0 Å². The number of benzene rings is 1. The van der Waals surface area contributed by atoms with Gasteiger partial charge >= 0.3 is 17.9 Å². The Morgan fingerprint density at radius 3 is 1.89 bits per heavy atom. The molecule has 3 fully saturated rings. The van der Waals surface area contributed by atoms with Gasteiger partial charge in [0.05, 0.1) is 33.3 Å². The highest BCUT2D eigenvalue weighted by Crippen LogP contribution is 2.68. The largest absolute Gasteiger partial charge is 0.458 e. The maximum atomic E-state index is 13.6. The zero-order valence-corrected chi connectivity index (χ0v) is 25.1. The standard InChI is InChI=1S/C34H36N2O8/c1-31(2)24-18-26(42-30(39)23-13-9-17-36-20-23)33(4)25(41-29(38)22-12-8-16-35-19-22)14-15-32(3,40)34(33,44-31)27(24)43-28(37)21-10-6-5-7-11-21/h5-13,16-17,19-20,24-27,40H,14-15,18H2,1-4H3/t24?,25-,26?,27?,32-,33-,34?/m0/s1. The molecule has 1 aromatic carbocycles. The monoisotopic (exact) mass is 600 g/mol. The van der Waals surface area contributed by atoms with E-state index in [2.05, 4.69) is 9.97 Å². The van der Waals surface area contributed by atoms with Crippen molar-refractivity contribution in [2.24, 2.45) is 11.3 Å². The summed E-state index contributed by atoms with van der Waals surface area (Å²) in [4.78, 5) is 48.6. The first-order valence-electron chi connectivity index (χ1n) is 14.8. The van der Waals surface area contributed by atoms with E-state index in [9.17, 15) is 19.5 Å². The molecule has 10 heteroatoms. The zero-order chi connectivity index (χ0) is 31.3. The van der Waals surface area contributed by atoms with Gasteiger partial charge in [0.15, 0.2) is 0 Å². The summed E-state index contributed by atoms with van der Waals surface area (Å²) in [5.41, 5.74) is -4.64. The minimum atomic E-state index is -1.63. The molecule has 3 heterocycles. The minimum absolute atomic E-state index is 0.166. The summed E-state index contributed by atoms with van der Waals surface area (Å²) in [6, 6.07) is 15.1. The number of pyridine rings is 2. The van der Waals surface area contributed by atoms with Crippen molar-refractivity contribution in [3.8, 4) is 0 Å². The lowest BCUT2D eigenvalue weighted by Crippen LogP contribution is -2.79. The van der Waals surface area contributed by atoms with Crippen LogP contribution >= 0.6 is 0 Å². The fourth-order valence-electron chi connectivity index (χ4n) is 7.71. The van der Waals surface area contributed by atoms with Crippen LogP contribution in [0.3, 0.4) is 0 Å². The summed E-state index contributed by atoms with van der Waals surface area (Å²) in [7, 11) is 0. The van der Waals surface area contributed by atoms with E-state index < -0.39 is 64.4 Å². The maximum absolute atomic E-state index is 13.6. The van der Waals surface area contributed by atoms with Gasteiger partial charge in [0, 0.05) is 30.7 Å². The predicted molar refractivity (Wildman–Crippen MR) is 156 cm³/mol. The highest BCUT2D eigenvalue weighted by molar-refractivity contribution is 5.90. The third kappa shape index (κ3) is 4.59. The Bertz CT molecular complexity index is 1550. The molecule has 44 heavy (non-hydrogen) atoms. The van der Waals surface area contributed by atoms with Gasteiger partial charge in [0.25, 0.3) is 0 Å². The van der Waals surface area contributed by atoms with Crippen molar-refractivity contribution < 1.29 is 38.4 Å². The summed E-state index contributed by atoms with van der Waals surface area (Å²) in [5.74, 6) is -2.27. The van der Waals surface area contributed by atoms with E-state index in [4.69, 9.17) is 18.9 Å². The number of hydrogen-bond acceptors (Lipinski definition) is 10. The SMILES string of the molecule is CC1(C)OC23C(OC(=O)c4ccccc4)C1CC(OC(=O)c1cccnc1)[C@]2(C)[C@@H](OC(=O)c1cccnc1)CC[C@]3(C)O. The first-order chi connectivity index (χ1) is 20.9. The van der Waals surface area contributed by atoms with Crippen molar-refractivity contribution in [3.05, 3.63) is 96.1 Å². The Balaban J connectivity index is 1.47. The van der Waals surface area contributed by atoms with E-state index in [1.165, 1.54) is 12.4 Å². The van der Waals surface area contributed by atoms with Gasteiger partial charge in [-0.15, -0.1) is 0 Å². The molecule has 2 bridgehead atoms. The number of carbonyl (C=O) groups excluding carboxylic acids is 3. The van der Waals surface area contributed by atoms with Crippen LogP contribution in [0.1, 0.15) is 78.0 Å². The van der Waals surface area contributed by atoms with Crippen molar-refractivity contribution >= 4 is 17.9 Å². The molecule has 3 aromatic rings. The molecule has 10 nitrogen and oxygen atoms in total. The van der Waals surface area contributed by atoms with Crippen LogP contribution in [0.5, 0.6) is 0 Å². The van der Waals surface area contributed by atoms with Gasteiger partial charge < -0.3 is 24.1 Å². The Morgan fingerprint density at radius 2 is 1.32 bits per heavy atom. The Labute approximate surface area is 255 Å². The molecule has 2 aliphatic carbocycles. The summed E-state index contributed by atoms with van der Waals surface area (Å²) in [6.45, 7) is 7.20. The molecule has 6 rings (SSSR count). The van der Waals surface area contributed by atoms with E-state index in [0.29, 0.717) is 5.56 Å². The zero-order valence-electron chi connectivity index (χ0n) is 25.1. The molecule has 4 unspecified atom stereocenters. The van der Waals surface area contributed by atoms with Gasteiger partial charge in [-0.3, -0.25) is 9.97 Å². The summed E-state index contributed by atoms with van der Waals surface area (Å²) in [5, 5.41) is 12.3. The number of ether oxygens (including phenoxy) is 4. The van der Waals surface area contributed by atoms with E-state index in [1.807, 2.05) is 13.8 Å². The second kappa shape index (κ2) is 10.8. The summed E-state index contributed by atoms with van der Waals surface area (Å²) < 4.78 is 25.7. The average Bonchev–Trinajstić information content (AvgIpc) is 3.20. The molecule has 3 aliphatic rings. The fourth-order valence-corrected chi connectivity index (χ4v) is 7.71. The van der Waals surface area contributed by atoms with Crippen LogP contribution in [-0.2, 0) is 18.9 Å².